The summed E-state index contributed by atoms with van der Waals surface area (Å²) < 4.78 is 26.1. The van der Waals surface area contributed by atoms with Crippen LogP contribution in [0.15, 0.2) is 18.2 Å². The minimum atomic E-state index is -0.590. The van der Waals surface area contributed by atoms with Crippen molar-refractivity contribution in [1.29, 1.82) is 0 Å². The van der Waals surface area contributed by atoms with Crippen LogP contribution in [-0.2, 0) is 6.54 Å². The van der Waals surface area contributed by atoms with Gasteiger partial charge in [0.25, 0.3) is 0 Å². The largest absolute Gasteiger partial charge is 0.396 e. The predicted octanol–water partition coefficient (Wildman–Crippen LogP) is 1.19. The number of halogens is 2. The van der Waals surface area contributed by atoms with E-state index in [9.17, 15) is 13.9 Å². The minimum absolute atomic E-state index is 0.0374. The molecule has 3 N–H and O–H groups in total. The maximum absolute atomic E-state index is 13.4. The third kappa shape index (κ3) is 3.04. The van der Waals surface area contributed by atoms with Crippen LogP contribution >= 0.6 is 0 Å². The summed E-state index contributed by atoms with van der Waals surface area (Å²) in [5, 5.41) is 21.8. The summed E-state index contributed by atoms with van der Waals surface area (Å²) >= 11 is 0. The third-order valence-corrected chi connectivity index (χ3v) is 3.49. The van der Waals surface area contributed by atoms with Crippen LogP contribution in [0.25, 0.3) is 0 Å². The van der Waals surface area contributed by atoms with Gasteiger partial charge in [0.1, 0.15) is 11.6 Å². The van der Waals surface area contributed by atoms with Gasteiger partial charge in [0, 0.05) is 36.7 Å². The molecule has 18 heavy (non-hydrogen) atoms. The van der Waals surface area contributed by atoms with Crippen molar-refractivity contribution >= 4 is 0 Å². The number of hydrogen-bond donors (Lipinski definition) is 3. The summed E-state index contributed by atoms with van der Waals surface area (Å²) in [7, 11) is 0. The van der Waals surface area contributed by atoms with E-state index in [0.29, 0.717) is 24.9 Å². The van der Waals surface area contributed by atoms with E-state index in [1.807, 2.05) is 0 Å². The van der Waals surface area contributed by atoms with Gasteiger partial charge in [0.2, 0.25) is 0 Å². The van der Waals surface area contributed by atoms with E-state index in [-0.39, 0.29) is 18.6 Å². The topological polar surface area (TPSA) is 52.5 Å². The highest BCUT2D eigenvalue weighted by molar-refractivity contribution is 5.18. The van der Waals surface area contributed by atoms with Crippen molar-refractivity contribution in [3.8, 4) is 0 Å². The van der Waals surface area contributed by atoms with Gasteiger partial charge in [-0.2, -0.15) is 0 Å². The lowest BCUT2D eigenvalue weighted by Gasteiger charge is -2.12. The van der Waals surface area contributed by atoms with Crippen molar-refractivity contribution in [3.63, 3.8) is 0 Å². The average molecular weight is 257 g/mol. The highest BCUT2D eigenvalue weighted by Crippen LogP contribution is 2.26. The van der Waals surface area contributed by atoms with Crippen LogP contribution < -0.4 is 5.32 Å². The molecule has 100 valence electrons. The van der Waals surface area contributed by atoms with Crippen molar-refractivity contribution in [3.05, 3.63) is 35.4 Å². The summed E-state index contributed by atoms with van der Waals surface area (Å²) in [6.45, 7) is 0.256. The molecule has 0 amide bonds. The van der Waals surface area contributed by atoms with E-state index < -0.39 is 17.7 Å². The smallest absolute Gasteiger partial charge is 0.130 e. The first-order valence-electron chi connectivity index (χ1n) is 6.06. The highest BCUT2D eigenvalue weighted by Gasteiger charge is 2.31. The molecule has 0 heterocycles. The molecule has 1 saturated carbocycles. The van der Waals surface area contributed by atoms with Crippen LogP contribution in [0.1, 0.15) is 18.4 Å². The van der Waals surface area contributed by atoms with Gasteiger partial charge in [-0.05, 0) is 18.9 Å². The fraction of sp³-hybridized carbons (Fsp3) is 0.538. The van der Waals surface area contributed by atoms with Gasteiger partial charge in [-0.1, -0.05) is 6.07 Å². The van der Waals surface area contributed by atoms with Gasteiger partial charge >= 0.3 is 0 Å². The molecular formula is C13H17F2NO2. The molecule has 0 saturated heterocycles. The molecule has 1 aromatic rings. The molecule has 1 aliphatic carbocycles. The number of nitrogens with one attached hydrogen (secondary N) is 1. The number of hydrogen-bond acceptors (Lipinski definition) is 3. The second kappa shape index (κ2) is 5.73. The molecule has 0 spiro atoms. The van der Waals surface area contributed by atoms with E-state index in [1.54, 1.807) is 0 Å². The van der Waals surface area contributed by atoms with Gasteiger partial charge in [-0.15, -0.1) is 0 Å². The average Bonchev–Trinajstić information content (AvgIpc) is 2.69. The van der Waals surface area contributed by atoms with E-state index >= 15 is 0 Å². The van der Waals surface area contributed by atoms with Crippen LogP contribution in [0.4, 0.5) is 8.78 Å². The molecule has 3 atom stereocenters. The van der Waals surface area contributed by atoms with Crippen LogP contribution in [0.3, 0.4) is 0 Å². The first-order chi connectivity index (χ1) is 8.60. The van der Waals surface area contributed by atoms with Crippen molar-refractivity contribution in [2.24, 2.45) is 5.92 Å². The lowest BCUT2D eigenvalue weighted by Crippen LogP contribution is -2.27. The van der Waals surface area contributed by atoms with Crippen LogP contribution in [0, 0.1) is 17.6 Å². The molecular weight excluding hydrogens is 240 g/mol. The zero-order valence-electron chi connectivity index (χ0n) is 9.94. The fourth-order valence-electron chi connectivity index (χ4n) is 2.38. The van der Waals surface area contributed by atoms with Crippen molar-refractivity contribution in [2.75, 3.05) is 6.61 Å². The zero-order valence-corrected chi connectivity index (χ0v) is 9.94. The number of aliphatic hydroxyl groups is 2. The Labute approximate surface area is 104 Å². The Bertz CT molecular complexity index is 414. The first kappa shape index (κ1) is 13.4. The van der Waals surface area contributed by atoms with Crippen LogP contribution in [0.2, 0.25) is 0 Å². The normalized spacial score (nSPS) is 27.7. The summed E-state index contributed by atoms with van der Waals surface area (Å²) in [6.07, 6.45) is 0.708. The maximum Gasteiger partial charge on any atom is 0.130 e. The predicted molar refractivity (Wildman–Crippen MR) is 62.8 cm³/mol. The Morgan fingerprint density at radius 3 is 2.67 bits per heavy atom. The Morgan fingerprint density at radius 1 is 1.28 bits per heavy atom. The molecule has 3 unspecified atom stereocenters. The molecule has 0 bridgehead atoms. The summed E-state index contributed by atoms with van der Waals surface area (Å²) in [5.74, 6) is -1.27. The van der Waals surface area contributed by atoms with Gasteiger partial charge in [-0.3, -0.25) is 0 Å². The molecule has 2 rings (SSSR count). The lowest BCUT2D eigenvalue weighted by atomic mass is 10.1. The molecule has 0 radical (unpaired) electrons. The first-order valence-corrected chi connectivity index (χ1v) is 6.06. The minimum Gasteiger partial charge on any atom is -0.396 e. The maximum atomic E-state index is 13.4. The molecule has 5 heteroatoms. The number of rotatable bonds is 4. The SMILES string of the molecule is OCC1CC(NCc2ccc(F)cc2F)CC1O. The Hall–Kier alpha value is -1.04. The third-order valence-electron chi connectivity index (χ3n) is 3.49. The van der Waals surface area contributed by atoms with Crippen molar-refractivity contribution in [1.82, 2.24) is 5.32 Å². The number of aliphatic hydroxyl groups excluding tert-OH is 2. The molecule has 0 aromatic heterocycles. The molecule has 1 aliphatic rings. The number of benzene rings is 1. The standard InChI is InChI=1S/C13H17F2NO2/c14-10-2-1-8(12(15)4-10)6-16-11-3-9(7-17)13(18)5-11/h1-2,4,9,11,13,16-18H,3,5-7H2. The van der Waals surface area contributed by atoms with Crippen LogP contribution in [-0.4, -0.2) is 29.0 Å². The lowest BCUT2D eigenvalue weighted by molar-refractivity contribution is 0.0907. The second-order valence-electron chi connectivity index (χ2n) is 4.79. The molecule has 1 fully saturated rings. The second-order valence-corrected chi connectivity index (χ2v) is 4.79. The summed E-state index contributed by atoms with van der Waals surface area (Å²) in [6, 6.07) is 3.55. The van der Waals surface area contributed by atoms with Crippen molar-refractivity contribution < 1.29 is 19.0 Å². The van der Waals surface area contributed by atoms with Crippen LogP contribution in [0.5, 0.6) is 0 Å². The van der Waals surface area contributed by atoms with Gasteiger partial charge in [0.05, 0.1) is 6.10 Å². The quantitative estimate of drug-likeness (QED) is 0.759. The molecule has 0 aliphatic heterocycles. The van der Waals surface area contributed by atoms with E-state index in [4.69, 9.17) is 5.11 Å². The highest BCUT2D eigenvalue weighted by atomic mass is 19.1. The summed E-state index contributed by atoms with van der Waals surface area (Å²) in [5.41, 5.74) is 0.401. The van der Waals surface area contributed by atoms with E-state index in [2.05, 4.69) is 5.32 Å². The van der Waals surface area contributed by atoms with E-state index in [0.717, 1.165) is 6.07 Å². The van der Waals surface area contributed by atoms with Gasteiger partial charge in [-0.25, -0.2) is 8.78 Å². The zero-order chi connectivity index (χ0) is 13.1. The molecule has 3 nitrogen and oxygen atoms in total. The Balaban J connectivity index is 1.89. The monoisotopic (exact) mass is 257 g/mol. The fourth-order valence-corrected chi connectivity index (χ4v) is 2.38. The van der Waals surface area contributed by atoms with Gasteiger partial charge in [0.15, 0.2) is 0 Å². The van der Waals surface area contributed by atoms with Crippen molar-refractivity contribution in [2.45, 2.75) is 31.5 Å². The van der Waals surface area contributed by atoms with Gasteiger partial charge < -0.3 is 15.5 Å². The summed E-state index contributed by atoms with van der Waals surface area (Å²) in [4.78, 5) is 0. The Morgan fingerprint density at radius 2 is 2.06 bits per heavy atom. The molecule has 1 aromatic carbocycles. The Kier molecular flexibility index (Phi) is 4.27. The van der Waals surface area contributed by atoms with E-state index in [1.165, 1.54) is 12.1 Å².